The molecule has 0 saturated carbocycles. The minimum Gasteiger partial charge on any atom is -0.386 e. The number of piperidine rings is 1. The summed E-state index contributed by atoms with van der Waals surface area (Å²) in [7, 11) is 0. The number of carbonyl (C=O) groups excluding carboxylic acids is 1. The van der Waals surface area contributed by atoms with Crippen molar-refractivity contribution in [2.75, 3.05) is 0 Å². The summed E-state index contributed by atoms with van der Waals surface area (Å²) in [4.78, 5) is 11.7. The van der Waals surface area contributed by atoms with Gasteiger partial charge in [-0.2, -0.15) is 0 Å². The van der Waals surface area contributed by atoms with E-state index in [1.54, 1.807) is 6.08 Å². The lowest BCUT2D eigenvalue weighted by atomic mass is 9.89. The van der Waals surface area contributed by atoms with Gasteiger partial charge in [-0.3, -0.25) is 4.79 Å². The topological polar surface area (TPSA) is 29.1 Å². The van der Waals surface area contributed by atoms with Crippen LogP contribution in [0.2, 0.25) is 0 Å². The van der Waals surface area contributed by atoms with Crippen LogP contribution in [0.15, 0.2) is 11.8 Å². The molecule has 0 aliphatic carbocycles. The molecule has 80 valence electrons. The number of carbonyl (C=O) groups is 1. The summed E-state index contributed by atoms with van der Waals surface area (Å²) < 4.78 is 0. The van der Waals surface area contributed by atoms with Gasteiger partial charge in [0.05, 0.1) is 0 Å². The summed E-state index contributed by atoms with van der Waals surface area (Å²) >= 11 is 0. The molecule has 1 fully saturated rings. The molecule has 0 radical (unpaired) electrons. The molecular formula is C12H21NO. The van der Waals surface area contributed by atoms with E-state index in [1.165, 1.54) is 12.8 Å². The van der Waals surface area contributed by atoms with E-state index in [2.05, 4.69) is 12.2 Å². The fraction of sp³-hybridized carbons (Fsp3) is 0.750. The molecule has 0 aromatic rings. The molecule has 0 spiro atoms. The third kappa shape index (κ3) is 3.17. The molecule has 0 bridgehead atoms. The number of ketones is 1. The zero-order valence-corrected chi connectivity index (χ0v) is 9.68. The normalized spacial score (nSPS) is 26.0. The van der Waals surface area contributed by atoms with Gasteiger partial charge in [-0.1, -0.05) is 20.8 Å². The molecule has 1 atom stereocenters. The average Bonchev–Trinajstić information content (AvgIpc) is 2.02. The van der Waals surface area contributed by atoms with Crippen molar-refractivity contribution in [1.82, 2.24) is 5.32 Å². The van der Waals surface area contributed by atoms with Gasteiger partial charge in [0.25, 0.3) is 0 Å². The molecule has 2 nitrogen and oxygen atoms in total. The lowest BCUT2D eigenvalue weighted by molar-refractivity contribution is -0.121. The van der Waals surface area contributed by atoms with Gasteiger partial charge in [0.1, 0.15) is 0 Å². The van der Waals surface area contributed by atoms with Gasteiger partial charge < -0.3 is 5.32 Å². The Morgan fingerprint density at radius 3 is 2.64 bits per heavy atom. The first kappa shape index (κ1) is 11.3. The van der Waals surface area contributed by atoms with Gasteiger partial charge in [0.2, 0.25) is 0 Å². The number of hydrogen-bond donors (Lipinski definition) is 1. The number of hydrogen-bond acceptors (Lipinski definition) is 2. The number of allylic oxidation sites excluding steroid dienone is 2. The van der Waals surface area contributed by atoms with Crippen LogP contribution in [0.1, 0.15) is 47.0 Å². The van der Waals surface area contributed by atoms with Crippen LogP contribution in [0.3, 0.4) is 0 Å². The van der Waals surface area contributed by atoms with Crippen molar-refractivity contribution in [3.8, 4) is 0 Å². The molecule has 1 N–H and O–H groups in total. The fourth-order valence-electron chi connectivity index (χ4n) is 1.55. The highest BCUT2D eigenvalue weighted by Crippen LogP contribution is 2.20. The highest BCUT2D eigenvalue weighted by Gasteiger charge is 2.20. The zero-order valence-electron chi connectivity index (χ0n) is 9.68. The lowest BCUT2D eigenvalue weighted by Gasteiger charge is -2.24. The Hall–Kier alpha value is -0.790. The molecule has 1 aliphatic rings. The second-order valence-electron chi connectivity index (χ2n) is 5.22. The van der Waals surface area contributed by atoms with Crippen LogP contribution in [0.5, 0.6) is 0 Å². The highest BCUT2D eigenvalue weighted by atomic mass is 16.1. The van der Waals surface area contributed by atoms with Gasteiger partial charge in [0, 0.05) is 23.2 Å². The van der Waals surface area contributed by atoms with E-state index in [0.717, 1.165) is 12.1 Å². The summed E-state index contributed by atoms with van der Waals surface area (Å²) in [5.41, 5.74) is 0.860. The molecule has 1 aliphatic heterocycles. The van der Waals surface area contributed by atoms with Gasteiger partial charge in [-0.15, -0.1) is 0 Å². The van der Waals surface area contributed by atoms with Crippen LogP contribution in [0.4, 0.5) is 0 Å². The fourth-order valence-corrected chi connectivity index (χ4v) is 1.55. The van der Waals surface area contributed by atoms with Crippen LogP contribution in [-0.4, -0.2) is 11.8 Å². The molecule has 2 heteroatoms. The minimum atomic E-state index is -0.255. The van der Waals surface area contributed by atoms with Crippen LogP contribution < -0.4 is 5.32 Å². The van der Waals surface area contributed by atoms with Crippen LogP contribution in [0.25, 0.3) is 0 Å². The Bertz CT molecular complexity index is 248. The lowest BCUT2D eigenvalue weighted by Crippen LogP contribution is -2.31. The Morgan fingerprint density at radius 2 is 2.14 bits per heavy atom. The van der Waals surface area contributed by atoms with Crippen molar-refractivity contribution >= 4 is 5.78 Å². The smallest absolute Gasteiger partial charge is 0.162 e. The van der Waals surface area contributed by atoms with Crippen molar-refractivity contribution in [2.24, 2.45) is 5.41 Å². The number of rotatable bonds is 1. The maximum absolute atomic E-state index is 11.7. The standard InChI is InChI=1S/C12H21NO/c1-9-6-5-7-10(13-9)8-11(14)12(2,3)4/h8-9,13H,5-7H2,1-4H3/b10-8-/t9-/m0/s1. The van der Waals surface area contributed by atoms with Gasteiger partial charge >= 0.3 is 0 Å². The monoisotopic (exact) mass is 195 g/mol. The van der Waals surface area contributed by atoms with Crippen molar-refractivity contribution in [2.45, 2.75) is 53.0 Å². The quantitative estimate of drug-likeness (QED) is 0.652. The molecule has 0 aromatic heterocycles. The van der Waals surface area contributed by atoms with Crippen molar-refractivity contribution in [3.63, 3.8) is 0 Å². The van der Waals surface area contributed by atoms with E-state index < -0.39 is 0 Å². The Morgan fingerprint density at radius 1 is 1.50 bits per heavy atom. The minimum absolute atomic E-state index is 0.217. The van der Waals surface area contributed by atoms with Crippen LogP contribution in [0, 0.1) is 5.41 Å². The second kappa shape index (κ2) is 4.16. The van der Waals surface area contributed by atoms with Crippen molar-refractivity contribution in [3.05, 3.63) is 11.8 Å². The first-order valence-corrected chi connectivity index (χ1v) is 5.41. The molecule has 0 amide bonds. The van der Waals surface area contributed by atoms with E-state index in [1.807, 2.05) is 20.8 Å². The van der Waals surface area contributed by atoms with E-state index in [4.69, 9.17) is 0 Å². The predicted molar refractivity (Wildman–Crippen MR) is 59.0 cm³/mol. The molecule has 14 heavy (non-hydrogen) atoms. The maximum Gasteiger partial charge on any atom is 0.162 e. The van der Waals surface area contributed by atoms with Gasteiger partial charge in [-0.05, 0) is 26.2 Å². The summed E-state index contributed by atoms with van der Waals surface area (Å²) in [6.45, 7) is 8.03. The molecule has 1 saturated heterocycles. The first-order valence-electron chi connectivity index (χ1n) is 5.41. The summed E-state index contributed by atoms with van der Waals surface area (Å²) in [5.74, 6) is 0.217. The van der Waals surface area contributed by atoms with Crippen LogP contribution >= 0.6 is 0 Å². The Labute approximate surface area is 86.8 Å². The van der Waals surface area contributed by atoms with Gasteiger partial charge in [-0.25, -0.2) is 0 Å². The average molecular weight is 195 g/mol. The Kier molecular flexibility index (Phi) is 3.35. The molecule has 0 unspecified atom stereocenters. The largest absolute Gasteiger partial charge is 0.386 e. The molecule has 1 heterocycles. The molecular weight excluding hydrogens is 174 g/mol. The number of nitrogens with one attached hydrogen (secondary N) is 1. The summed E-state index contributed by atoms with van der Waals surface area (Å²) in [5, 5.41) is 3.36. The van der Waals surface area contributed by atoms with E-state index in [-0.39, 0.29) is 11.2 Å². The molecule has 0 aromatic carbocycles. The summed E-state index contributed by atoms with van der Waals surface area (Å²) in [6, 6.07) is 0.516. The second-order valence-corrected chi connectivity index (χ2v) is 5.22. The van der Waals surface area contributed by atoms with Gasteiger partial charge in [0.15, 0.2) is 5.78 Å². The highest BCUT2D eigenvalue weighted by molar-refractivity contribution is 5.94. The predicted octanol–water partition coefficient (Wildman–Crippen LogP) is 2.65. The van der Waals surface area contributed by atoms with E-state index in [0.29, 0.717) is 6.04 Å². The van der Waals surface area contributed by atoms with Crippen molar-refractivity contribution < 1.29 is 4.79 Å². The zero-order chi connectivity index (χ0) is 10.8. The molecule has 1 rings (SSSR count). The van der Waals surface area contributed by atoms with Crippen LogP contribution in [-0.2, 0) is 4.79 Å². The SMILES string of the molecule is C[C@H]1CCC/C(=C/C(=O)C(C)(C)C)N1. The summed E-state index contributed by atoms with van der Waals surface area (Å²) in [6.07, 6.45) is 5.21. The third-order valence-electron chi connectivity index (χ3n) is 2.56. The van der Waals surface area contributed by atoms with E-state index >= 15 is 0 Å². The third-order valence-corrected chi connectivity index (χ3v) is 2.56. The van der Waals surface area contributed by atoms with E-state index in [9.17, 15) is 4.79 Å². The van der Waals surface area contributed by atoms with Crippen molar-refractivity contribution in [1.29, 1.82) is 0 Å². The maximum atomic E-state index is 11.7. The first-order chi connectivity index (χ1) is 6.39. The Balaban J connectivity index is 2.63.